The van der Waals surface area contributed by atoms with Crippen molar-refractivity contribution in [2.75, 3.05) is 35.5 Å². The summed E-state index contributed by atoms with van der Waals surface area (Å²) in [6.45, 7) is 0. The number of fused-ring (bicyclic) bond motifs is 6. The van der Waals surface area contributed by atoms with Gasteiger partial charge in [0.1, 0.15) is 0 Å². The number of hydrogen-bond donors (Lipinski definition) is 0. The van der Waals surface area contributed by atoms with Crippen LogP contribution in [0.5, 0.6) is 23.0 Å². The maximum atomic E-state index is 5.53. The van der Waals surface area contributed by atoms with Gasteiger partial charge < -0.3 is 18.9 Å². The number of ether oxygens (including phenoxy) is 4. The van der Waals surface area contributed by atoms with E-state index in [9.17, 15) is 0 Å². The van der Waals surface area contributed by atoms with Crippen LogP contribution in [-0.4, -0.2) is 40.4 Å². The van der Waals surface area contributed by atoms with Crippen molar-refractivity contribution >= 4 is 0 Å². The highest BCUT2D eigenvalue weighted by atomic mass is 16.5. The molecule has 0 aliphatic carbocycles. The zero-order valence-corrected chi connectivity index (χ0v) is 16.0. The molecule has 0 N–H and O–H groups in total. The summed E-state index contributed by atoms with van der Waals surface area (Å²) < 4.78 is 22.1. The van der Waals surface area contributed by atoms with Gasteiger partial charge in [-0.2, -0.15) is 0 Å². The van der Waals surface area contributed by atoms with E-state index in [2.05, 4.69) is 36.2 Å². The van der Waals surface area contributed by atoms with Crippen molar-refractivity contribution in [3.05, 3.63) is 46.5 Å². The van der Waals surface area contributed by atoms with E-state index in [0.717, 1.165) is 35.8 Å². The summed E-state index contributed by atoms with van der Waals surface area (Å²) in [4.78, 5) is 2.46. The first-order valence-electron chi connectivity index (χ1n) is 8.82. The largest absolute Gasteiger partial charge is 0.493 e. The predicted molar refractivity (Wildman–Crippen MR) is 99.7 cm³/mol. The monoisotopic (exact) mass is 355 g/mol. The number of likely N-dealkylation sites (N-methyl/N-ethyl adjacent to an activating group) is 1. The van der Waals surface area contributed by atoms with Crippen molar-refractivity contribution in [3.8, 4) is 23.0 Å². The Kier molecular flexibility index (Phi) is 4.19. The van der Waals surface area contributed by atoms with E-state index in [-0.39, 0.29) is 0 Å². The molecule has 0 aromatic heterocycles. The summed E-state index contributed by atoms with van der Waals surface area (Å²) in [7, 11) is 8.95. The minimum absolute atomic E-state index is 0.314. The molecule has 2 bridgehead atoms. The second-order valence-corrected chi connectivity index (χ2v) is 6.92. The highest BCUT2D eigenvalue weighted by Gasteiger charge is 2.39. The van der Waals surface area contributed by atoms with Crippen LogP contribution in [0, 0.1) is 0 Å². The maximum absolute atomic E-state index is 5.53. The average Bonchev–Trinajstić information content (AvgIpc) is 2.67. The standard InChI is InChI=1S/C21H25NO4/c1-22-16-6-12-8-18(23-2)20(25-4)10-14(12)17(22)7-13-9-19(24-3)21(26-5)11-15(13)16/h8-11,16-17H,6-7H2,1-5H3/t16-,17?/m0/s1. The van der Waals surface area contributed by atoms with Gasteiger partial charge in [0.15, 0.2) is 23.0 Å². The van der Waals surface area contributed by atoms with E-state index < -0.39 is 0 Å². The lowest BCUT2D eigenvalue weighted by atomic mass is 9.76. The Hall–Kier alpha value is -2.40. The van der Waals surface area contributed by atoms with Gasteiger partial charge in [-0.1, -0.05) is 0 Å². The summed E-state index contributed by atoms with van der Waals surface area (Å²) >= 11 is 0. The number of hydrogen-bond acceptors (Lipinski definition) is 5. The fraction of sp³-hybridized carbons (Fsp3) is 0.429. The van der Waals surface area contributed by atoms with E-state index in [1.54, 1.807) is 28.4 Å². The van der Waals surface area contributed by atoms with Gasteiger partial charge in [0.05, 0.1) is 28.4 Å². The SMILES string of the molecule is COc1cc2c(cc1OC)C1Cc3cc(OC)c(OC)cc3[C@H](C2)N1C. The maximum Gasteiger partial charge on any atom is 0.161 e. The summed E-state index contributed by atoms with van der Waals surface area (Å²) in [6, 6.07) is 9.16. The van der Waals surface area contributed by atoms with E-state index in [1.807, 2.05) is 0 Å². The Morgan fingerprint density at radius 1 is 0.654 bits per heavy atom. The van der Waals surface area contributed by atoms with Gasteiger partial charge in [-0.25, -0.2) is 0 Å². The van der Waals surface area contributed by atoms with Crippen LogP contribution in [0.4, 0.5) is 0 Å². The van der Waals surface area contributed by atoms with Crippen LogP contribution in [-0.2, 0) is 12.8 Å². The van der Waals surface area contributed by atoms with Crippen molar-refractivity contribution in [3.63, 3.8) is 0 Å². The fourth-order valence-corrected chi connectivity index (χ4v) is 4.43. The first-order valence-corrected chi connectivity index (χ1v) is 8.82. The molecule has 2 aromatic carbocycles. The van der Waals surface area contributed by atoms with Crippen molar-refractivity contribution in [1.82, 2.24) is 4.90 Å². The van der Waals surface area contributed by atoms with Crippen LogP contribution in [0.2, 0.25) is 0 Å². The molecule has 2 heterocycles. The predicted octanol–water partition coefficient (Wildman–Crippen LogP) is 3.55. The molecule has 2 atom stereocenters. The zero-order valence-electron chi connectivity index (χ0n) is 16.0. The molecule has 2 aliphatic heterocycles. The molecule has 138 valence electrons. The minimum atomic E-state index is 0.314. The molecule has 0 spiro atoms. The zero-order chi connectivity index (χ0) is 18.4. The molecule has 5 heteroatoms. The molecule has 1 unspecified atom stereocenters. The van der Waals surface area contributed by atoms with Crippen LogP contribution >= 0.6 is 0 Å². The average molecular weight is 355 g/mol. The van der Waals surface area contributed by atoms with Gasteiger partial charge in [0.25, 0.3) is 0 Å². The highest BCUT2D eigenvalue weighted by Crippen LogP contribution is 2.50. The van der Waals surface area contributed by atoms with Gasteiger partial charge in [-0.15, -0.1) is 0 Å². The van der Waals surface area contributed by atoms with Gasteiger partial charge in [-0.05, 0) is 66.4 Å². The summed E-state index contributed by atoms with van der Waals surface area (Å²) in [6.07, 6.45) is 1.87. The second-order valence-electron chi connectivity index (χ2n) is 6.92. The third kappa shape index (κ3) is 2.42. The number of nitrogens with zero attached hydrogens (tertiary/aromatic N) is 1. The van der Waals surface area contributed by atoms with Crippen LogP contribution < -0.4 is 18.9 Å². The van der Waals surface area contributed by atoms with E-state index in [0.29, 0.717) is 12.1 Å². The Morgan fingerprint density at radius 3 is 1.35 bits per heavy atom. The van der Waals surface area contributed by atoms with Gasteiger partial charge in [0, 0.05) is 12.1 Å². The third-order valence-electron chi connectivity index (χ3n) is 5.82. The molecule has 0 saturated heterocycles. The first kappa shape index (κ1) is 17.0. The Labute approximate surface area is 154 Å². The molecular weight excluding hydrogens is 330 g/mol. The lowest BCUT2D eigenvalue weighted by Crippen LogP contribution is -2.40. The third-order valence-corrected chi connectivity index (χ3v) is 5.82. The van der Waals surface area contributed by atoms with E-state index in [4.69, 9.17) is 18.9 Å². The quantitative estimate of drug-likeness (QED) is 0.839. The Bertz CT molecular complexity index is 779. The van der Waals surface area contributed by atoms with Crippen LogP contribution in [0.15, 0.2) is 24.3 Å². The first-order chi connectivity index (χ1) is 12.6. The lowest BCUT2D eigenvalue weighted by molar-refractivity contribution is 0.137. The van der Waals surface area contributed by atoms with Crippen molar-refractivity contribution in [1.29, 1.82) is 0 Å². The highest BCUT2D eigenvalue weighted by molar-refractivity contribution is 5.55. The summed E-state index contributed by atoms with van der Waals surface area (Å²) in [5, 5.41) is 0. The number of methoxy groups -OCH3 is 4. The normalized spacial score (nSPS) is 20.8. The second kappa shape index (κ2) is 6.40. The minimum Gasteiger partial charge on any atom is -0.493 e. The molecule has 0 saturated carbocycles. The molecule has 2 aliphatic rings. The number of rotatable bonds is 4. The molecule has 0 amide bonds. The van der Waals surface area contributed by atoms with Crippen LogP contribution in [0.1, 0.15) is 34.3 Å². The molecule has 0 radical (unpaired) electrons. The molecular formula is C21H25NO4. The van der Waals surface area contributed by atoms with E-state index in [1.165, 1.54) is 22.3 Å². The Morgan fingerprint density at radius 2 is 1.00 bits per heavy atom. The summed E-state index contributed by atoms with van der Waals surface area (Å²) in [5.41, 5.74) is 5.30. The smallest absolute Gasteiger partial charge is 0.161 e. The van der Waals surface area contributed by atoms with Gasteiger partial charge in [0.2, 0.25) is 0 Å². The van der Waals surface area contributed by atoms with Gasteiger partial charge in [-0.3, -0.25) is 4.90 Å². The number of benzene rings is 2. The molecule has 5 nitrogen and oxygen atoms in total. The van der Waals surface area contributed by atoms with Crippen molar-refractivity contribution in [2.24, 2.45) is 0 Å². The van der Waals surface area contributed by atoms with Crippen molar-refractivity contribution in [2.45, 2.75) is 24.9 Å². The molecule has 0 fully saturated rings. The Balaban J connectivity index is 1.84. The summed E-state index contributed by atoms with van der Waals surface area (Å²) in [5.74, 6) is 3.16. The van der Waals surface area contributed by atoms with Crippen LogP contribution in [0.3, 0.4) is 0 Å². The van der Waals surface area contributed by atoms with Gasteiger partial charge >= 0.3 is 0 Å². The van der Waals surface area contributed by atoms with E-state index >= 15 is 0 Å². The molecule has 26 heavy (non-hydrogen) atoms. The van der Waals surface area contributed by atoms with Crippen molar-refractivity contribution < 1.29 is 18.9 Å². The molecule has 4 rings (SSSR count). The van der Waals surface area contributed by atoms with Crippen LogP contribution in [0.25, 0.3) is 0 Å². The lowest BCUT2D eigenvalue weighted by Gasteiger charge is -2.46. The topological polar surface area (TPSA) is 40.2 Å². The molecule has 2 aromatic rings. The fourth-order valence-electron chi connectivity index (χ4n) is 4.43.